The van der Waals surface area contributed by atoms with E-state index in [1.165, 1.54) is 0 Å². The van der Waals surface area contributed by atoms with Gasteiger partial charge in [0.2, 0.25) is 0 Å². The van der Waals surface area contributed by atoms with E-state index in [0.29, 0.717) is 5.02 Å². The molecule has 0 bridgehead atoms. The molecule has 1 aromatic carbocycles. The molecule has 0 amide bonds. The molecular weight excluding hydrogens is 250 g/mol. The standard InChI is InChI=1S/C14H16ClNO2/c1-9-6-13(14(17-3)7-12(9)15)16-10(2)11-4-5-18-8-11/h4-8,10,16H,1-3H3. The molecule has 0 aliphatic heterocycles. The van der Waals surface area contributed by atoms with E-state index < -0.39 is 0 Å². The van der Waals surface area contributed by atoms with Gasteiger partial charge in [-0.3, -0.25) is 0 Å². The fraction of sp³-hybridized carbons (Fsp3) is 0.286. The maximum Gasteiger partial charge on any atom is 0.143 e. The maximum absolute atomic E-state index is 6.08. The second-order valence-corrected chi connectivity index (χ2v) is 4.63. The number of nitrogens with one attached hydrogen (secondary N) is 1. The van der Waals surface area contributed by atoms with Gasteiger partial charge in [0.15, 0.2) is 0 Å². The minimum absolute atomic E-state index is 0.137. The van der Waals surface area contributed by atoms with Crippen molar-refractivity contribution >= 4 is 17.3 Å². The number of rotatable bonds is 4. The van der Waals surface area contributed by atoms with Crippen molar-refractivity contribution in [1.82, 2.24) is 0 Å². The molecular formula is C14H16ClNO2. The summed E-state index contributed by atoms with van der Waals surface area (Å²) >= 11 is 6.08. The molecule has 0 aliphatic carbocycles. The van der Waals surface area contributed by atoms with E-state index in [-0.39, 0.29) is 6.04 Å². The number of benzene rings is 1. The second-order valence-electron chi connectivity index (χ2n) is 4.22. The summed E-state index contributed by atoms with van der Waals surface area (Å²) in [6, 6.07) is 5.88. The van der Waals surface area contributed by atoms with Gasteiger partial charge < -0.3 is 14.5 Å². The molecule has 1 unspecified atom stereocenters. The van der Waals surface area contributed by atoms with Crippen LogP contribution in [-0.2, 0) is 0 Å². The van der Waals surface area contributed by atoms with Crippen molar-refractivity contribution in [2.24, 2.45) is 0 Å². The molecule has 0 spiro atoms. The first-order chi connectivity index (χ1) is 8.61. The number of methoxy groups -OCH3 is 1. The van der Waals surface area contributed by atoms with Crippen LogP contribution >= 0.6 is 11.6 Å². The van der Waals surface area contributed by atoms with Crippen molar-refractivity contribution in [3.05, 3.63) is 46.9 Å². The fourth-order valence-corrected chi connectivity index (χ4v) is 1.94. The number of anilines is 1. The molecule has 0 saturated carbocycles. The van der Waals surface area contributed by atoms with Gasteiger partial charge in [0.05, 0.1) is 31.4 Å². The van der Waals surface area contributed by atoms with E-state index in [2.05, 4.69) is 12.2 Å². The zero-order chi connectivity index (χ0) is 13.1. The van der Waals surface area contributed by atoms with Crippen molar-refractivity contribution in [3.63, 3.8) is 0 Å². The van der Waals surface area contributed by atoms with Gasteiger partial charge in [-0.2, -0.15) is 0 Å². The van der Waals surface area contributed by atoms with Crippen molar-refractivity contribution in [1.29, 1.82) is 0 Å². The van der Waals surface area contributed by atoms with E-state index >= 15 is 0 Å². The number of halogens is 1. The van der Waals surface area contributed by atoms with Gasteiger partial charge in [-0.05, 0) is 31.5 Å². The Kier molecular flexibility index (Phi) is 3.82. The molecule has 2 aromatic rings. The van der Waals surface area contributed by atoms with E-state index in [9.17, 15) is 0 Å². The predicted molar refractivity (Wildman–Crippen MR) is 73.5 cm³/mol. The largest absolute Gasteiger partial charge is 0.495 e. The van der Waals surface area contributed by atoms with Crippen LogP contribution in [0.4, 0.5) is 5.69 Å². The highest BCUT2D eigenvalue weighted by molar-refractivity contribution is 6.31. The topological polar surface area (TPSA) is 34.4 Å². The Labute approximate surface area is 112 Å². The van der Waals surface area contributed by atoms with Crippen LogP contribution in [0, 0.1) is 6.92 Å². The lowest BCUT2D eigenvalue weighted by atomic mass is 10.1. The highest BCUT2D eigenvalue weighted by atomic mass is 35.5. The van der Waals surface area contributed by atoms with Gasteiger partial charge in [0.25, 0.3) is 0 Å². The average Bonchev–Trinajstić information content (AvgIpc) is 2.87. The molecule has 18 heavy (non-hydrogen) atoms. The lowest BCUT2D eigenvalue weighted by Crippen LogP contribution is -2.07. The normalized spacial score (nSPS) is 12.2. The Bertz CT molecular complexity index is 523. The summed E-state index contributed by atoms with van der Waals surface area (Å²) in [5.41, 5.74) is 3.03. The molecule has 0 radical (unpaired) electrons. The van der Waals surface area contributed by atoms with Crippen molar-refractivity contribution in [2.45, 2.75) is 19.9 Å². The van der Waals surface area contributed by atoms with Crippen LogP contribution in [0.5, 0.6) is 5.75 Å². The third-order valence-electron chi connectivity index (χ3n) is 2.90. The fourth-order valence-electron chi connectivity index (χ4n) is 1.78. The Morgan fingerprint density at radius 3 is 2.78 bits per heavy atom. The molecule has 1 N–H and O–H groups in total. The molecule has 1 atom stereocenters. The molecule has 4 heteroatoms. The predicted octanol–water partition coefficient (Wildman–Crippen LogP) is 4.42. The SMILES string of the molecule is COc1cc(Cl)c(C)cc1NC(C)c1ccoc1. The zero-order valence-electron chi connectivity index (χ0n) is 10.7. The molecule has 3 nitrogen and oxygen atoms in total. The summed E-state index contributed by atoms with van der Waals surface area (Å²) in [7, 11) is 1.63. The molecule has 0 fully saturated rings. The van der Waals surface area contributed by atoms with E-state index in [1.807, 2.05) is 25.1 Å². The Morgan fingerprint density at radius 2 is 2.17 bits per heavy atom. The number of furan rings is 1. The summed E-state index contributed by atoms with van der Waals surface area (Å²) in [6.07, 6.45) is 3.39. The molecule has 96 valence electrons. The highest BCUT2D eigenvalue weighted by Crippen LogP contribution is 2.33. The third-order valence-corrected chi connectivity index (χ3v) is 3.30. The van der Waals surface area contributed by atoms with E-state index in [4.69, 9.17) is 20.8 Å². The third kappa shape index (κ3) is 2.62. The van der Waals surface area contributed by atoms with Gasteiger partial charge >= 0.3 is 0 Å². The van der Waals surface area contributed by atoms with Gasteiger partial charge in [0.1, 0.15) is 5.75 Å². The monoisotopic (exact) mass is 265 g/mol. The molecule has 1 aromatic heterocycles. The van der Waals surface area contributed by atoms with Crippen molar-refractivity contribution in [2.75, 3.05) is 12.4 Å². The van der Waals surface area contributed by atoms with Crippen LogP contribution in [0.25, 0.3) is 0 Å². The molecule has 0 saturated heterocycles. The minimum Gasteiger partial charge on any atom is -0.495 e. The number of ether oxygens (including phenoxy) is 1. The Morgan fingerprint density at radius 1 is 1.39 bits per heavy atom. The molecule has 1 heterocycles. The molecule has 0 aliphatic rings. The smallest absolute Gasteiger partial charge is 0.143 e. The highest BCUT2D eigenvalue weighted by Gasteiger charge is 2.11. The first kappa shape index (κ1) is 12.8. The summed E-state index contributed by atoms with van der Waals surface area (Å²) in [5.74, 6) is 0.737. The first-order valence-electron chi connectivity index (χ1n) is 5.74. The molecule has 2 rings (SSSR count). The Hall–Kier alpha value is -1.61. The van der Waals surface area contributed by atoms with Gasteiger partial charge in [-0.15, -0.1) is 0 Å². The van der Waals surface area contributed by atoms with Crippen LogP contribution in [0.15, 0.2) is 35.1 Å². The van der Waals surface area contributed by atoms with E-state index in [1.54, 1.807) is 19.6 Å². The Balaban J connectivity index is 2.25. The summed E-state index contributed by atoms with van der Waals surface area (Å²) in [5, 5.41) is 4.09. The number of hydrogen-bond acceptors (Lipinski definition) is 3. The van der Waals surface area contributed by atoms with Crippen LogP contribution in [0.3, 0.4) is 0 Å². The number of hydrogen-bond donors (Lipinski definition) is 1. The summed E-state index contributed by atoms with van der Waals surface area (Å²) in [4.78, 5) is 0. The number of aryl methyl sites for hydroxylation is 1. The second kappa shape index (κ2) is 5.36. The first-order valence-corrected chi connectivity index (χ1v) is 6.12. The van der Waals surface area contributed by atoms with Crippen LogP contribution < -0.4 is 10.1 Å². The minimum atomic E-state index is 0.137. The van der Waals surface area contributed by atoms with Crippen LogP contribution in [0.2, 0.25) is 5.02 Å². The van der Waals surface area contributed by atoms with Gasteiger partial charge in [0, 0.05) is 16.7 Å². The maximum atomic E-state index is 6.08. The van der Waals surface area contributed by atoms with Crippen LogP contribution in [0.1, 0.15) is 24.1 Å². The van der Waals surface area contributed by atoms with Crippen molar-refractivity contribution < 1.29 is 9.15 Å². The van der Waals surface area contributed by atoms with Crippen LogP contribution in [-0.4, -0.2) is 7.11 Å². The lowest BCUT2D eigenvalue weighted by Gasteiger charge is -2.17. The van der Waals surface area contributed by atoms with E-state index in [0.717, 1.165) is 22.6 Å². The van der Waals surface area contributed by atoms with Gasteiger partial charge in [-0.25, -0.2) is 0 Å². The average molecular weight is 266 g/mol. The van der Waals surface area contributed by atoms with Gasteiger partial charge in [-0.1, -0.05) is 11.6 Å². The lowest BCUT2D eigenvalue weighted by molar-refractivity contribution is 0.416. The van der Waals surface area contributed by atoms with Crippen molar-refractivity contribution in [3.8, 4) is 5.75 Å². The zero-order valence-corrected chi connectivity index (χ0v) is 11.4. The summed E-state index contributed by atoms with van der Waals surface area (Å²) in [6.45, 7) is 4.03. The quantitative estimate of drug-likeness (QED) is 0.888. The summed E-state index contributed by atoms with van der Waals surface area (Å²) < 4.78 is 10.4.